The smallest absolute Gasteiger partial charge is 0.309 e. The summed E-state index contributed by atoms with van der Waals surface area (Å²) in [4.78, 5) is 11.7. The molecule has 1 aliphatic carbocycles. The van der Waals surface area contributed by atoms with Gasteiger partial charge in [-0.25, -0.2) is 0 Å². The molecule has 3 heteroatoms. The molecule has 3 nitrogen and oxygen atoms in total. The highest BCUT2D eigenvalue weighted by molar-refractivity contribution is 5.74. The number of aliphatic hydroxyl groups excluding tert-OH is 1. The normalized spacial score (nSPS) is 33.3. The zero-order valence-electron chi connectivity index (χ0n) is 11.2. The molecule has 1 saturated heterocycles. The molecule has 18 heavy (non-hydrogen) atoms. The highest BCUT2D eigenvalue weighted by Crippen LogP contribution is 2.35. The number of hydrogen-bond acceptors (Lipinski definition) is 3. The van der Waals surface area contributed by atoms with Crippen molar-refractivity contribution in [3.8, 4) is 0 Å². The minimum Gasteiger partial charge on any atom is -0.461 e. The summed E-state index contributed by atoms with van der Waals surface area (Å²) in [5, 5.41) is 9.31. The Morgan fingerprint density at radius 2 is 2.22 bits per heavy atom. The van der Waals surface area contributed by atoms with Crippen LogP contribution in [0.4, 0.5) is 0 Å². The van der Waals surface area contributed by atoms with Crippen LogP contribution in [-0.2, 0) is 9.53 Å². The molecule has 0 amide bonds. The predicted molar refractivity (Wildman–Crippen MR) is 69.9 cm³/mol. The Kier molecular flexibility index (Phi) is 4.23. The van der Waals surface area contributed by atoms with Gasteiger partial charge in [-0.2, -0.15) is 0 Å². The molecule has 0 aromatic heterocycles. The Morgan fingerprint density at radius 1 is 1.44 bits per heavy atom. The van der Waals surface area contributed by atoms with Crippen molar-refractivity contribution in [2.45, 2.75) is 45.6 Å². The molecule has 3 atom stereocenters. The van der Waals surface area contributed by atoms with Gasteiger partial charge in [0, 0.05) is 12.3 Å². The maximum absolute atomic E-state index is 11.7. The van der Waals surface area contributed by atoms with Gasteiger partial charge < -0.3 is 9.84 Å². The lowest BCUT2D eigenvalue weighted by molar-refractivity contribution is -0.143. The average Bonchev–Trinajstić information content (AvgIpc) is 2.60. The zero-order valence-corrected chi connectivity index (χ0v) is 11.2. The van der Waals surface area contributed by atoms with Crippen molar-refractivity contribution in [3.05, 3.63) is 23.3 Å². The first-order chi connectivity index (χ1) is 8.61. The number of esters is 1. The van der Waals surface area contributed by atoms with Gasteiger partial charge in [-0.15, -0.1) is 0 Å². The van der Waals surface area contributed by atoms with Crippen LogP contribution >= 0.6 is 0 Å². The molecule has 1 fully saturated rings. The van der Waals surface area contributed by atoms with Crippen molar-refractivity contribution in [1.29, 1.82) is 0 Å². The number of carbonyl (C=O) groups is 1. The number of hydrogen-bond donors (Lipinski definition) is 1. The van der Waals surface area contributed by atoms with Crippen LogP contribution in [0.5, 0.6) is 0 Å². The van der Waals surface area contributed by atoms with Crippen LogP contribution in [0.2, 0.25) is 0 Å². The molecular weight excluding hydrogens is 228 g/mol. The second kappa shape index (κ2) is 5.70. The summed E-state index contributed by atoms with van der Waals surface area (Å²) in [5.74, 6) is 0.148. The molecule has 0 aromatic carbocycles. The Hall–Kier alpha value is -1.09. The second-order valence-electron chi connectivity index (χ2n) is 5.48. The predicted octanol–water partition coefficient (Wildman–Crippen LogP) is 2.60. The van der Waals surface area contributed by atoms with E-state index in [0.717, 1.165) is 31.3 Å². The first-order valence-electron chi connectivity index (χ1n) is 6.76. The van der Waals surface area contributed by atoms with Crippen LogP contribution in [-0.4, -0.2) is 23.8 Å². The van der Waals surface area contributed by atoms with E-state index in [0.29, 0.717) is 0 Å². The summed E-state index contributed by atoms with van der Waals surface area (Å²) in [7, 11) is 0. The molecule has 0 aromatic rings. The maximum Gasteiger partial charge on any atom is 0.309 e. The minimum atomic E-state index is -0.0732. The Labute approximate surface area is 109 Å². The lowest BCUT2D eigenvalue weighted by Crippen LogP contribution is -2.20. The van der Waals surface area contributed by atoms with Gasteiger partial charge in [-0.1, -0.05) is 24.6 Å². The average molecular weight is 250 g/mol. The lowest BCUT2D eigenvalue weighted by Gasteiger charge is -2.20. The molecule has 0 saturated carbocycles. The van der Waals surface area contributed by atoms with E-state index in [2.05, 4.69) is 19.1 Å². The van der Waals surface area contributed by atoms with Crippen LogP contribution in [0.25, 0.3) is 0 Å². The summed E-state index contributed by atoms with van der Waals surface area (Å²) >= 11 is 0. The lowest BCUT2D eigenvalue weighted by atomic mass is 9.84. The molecule has 2 rings (SSSR count). The van der Waals surface area contributed by atoms with Gasteiger partial charge in [-0.05, 0) is 31.8 Å². The standard InChI is InChI=1S/C15H22O3/c1-10-4-3-5-12(9-16)6-7-13-11(2)15(17)18-14(13)8-10/h4,6,11,13-14,16H,3,5,7-9H2,1-2H3. The number of carbonyl (C=O) groups excluding carboxylic acids is 1. The van der Waals surface area contributed by atoms with E-state index in [1.165, 1.54) is 5.57 Å². The largest absolute Gasteiger partial charge is 0.461 e. The number of aliphatic hydroxyl groups is 1. The summed E-state index contributed by atoms with van der Waals surface area (Å²) < 4.78 is 5.48. The fourth-order valence-electron chi connectivity index (χ4n) is 2.84. The third-order valence-corrected chi connectivity index (χ3v) is 4.12. The van der Waals surface area contributed by atoms with E-state index in [1.807, 2.05) is 6.92 Å². The molecule has 2 aliphatic rings. The van der Waals surface area contributed by atoms with E-state index in [9.17, 15) is 9.90 Å². The van der Waals surface area contributed by atoms with E-state index < -0.39 is 0 Å². The fourth-order valence-corrected chi connectivity index (χ4v) is 2.84. The van der Waals surface area contributed by atoms with E-state index in [1.54, 1.807) is 0 Å². The van der Waals surface area contributed by atoms with Gasteiger partial charge >= 0.3 is 5.97 Å². The van der Waals surface area contributed by atoms with Gasteiger partial charge in [0.25, 0.3) is 0 Å². The van der Waals surface area contributed by atoms with Crippen molar-refractivity contribution < 1.29 is 14.6 Å². The molecule has 0 bridgehead atoms. The van der Waals surface area contributed by atoms with Crippen molar-refractivity contribution in [2.75, 3.05) is 6.61 Å². The number of ether oxygens (including phenoxy) is 1. The topological polar surface area (TPSA) is 46.5 Å². The molecule has 100 valence electrons. The van der Waals surface area contributed by atoms with Crippen molar-refractivity contribution in [3.63, 3.8) is 0 Å². The van der Waals surface area contributed by atoms with E-state index in [-0.39, 0.29) is 30.5 Å². The van der Waals surface area contributed by atoms with Crippen LogP contribution in [0.3, 0.4) is 0 Å². The Bertz CT molecular complexity index is 381. The number of rotatable bonds is 1. The zero-order chi connectivity index (χ0) is 13.1. The molecule has 0 spiro atoms. The summed E-state index contributed by atoms with van der Waals surface area (Å²) in [6, 6.07) is 0. The first-order valence-corrected chi connectivity index (χ1v) is 6.76. The highest BCUT2D eigenvalue weighted by atomic mass is 16.6. The SMILES string of the molecule is CC1=CCCC(CO)=CCC2C(C1)OC(=O)C2C. The van der Waals surface area contributed by atoms with Crippen molar-refractivity contribution >= 4 is 5.97 Å². The number of allylic oxidation sites excluding steroid dienone is 2. The van der Waals surface area contributed by atoms with Crippen LogP contribution in [0, 0.1) is 11.8 Å². The third-order valence-electron chi connectivity index (χ3n) is 4.12. The molecular formula is C15H22O3. The summed E-state index contributed by atoms with van der Waals surface area (Å²) in [6.45, 7) is 4.16. The Balaban J connectivity index is 2.20. The van der Waals surface area contributed by atoms with Gasteiger partial charge in [0.1, 0.15) is 6.10 Å². The van der Waals surface area contributed by atoms with Gasteiger partial charge in [0.2, 0.25) is 0 Å². The van der Waals surface area contributed by atoms with E-state index >= 15 is 0 Å². The quantitative estimate of drug-likeness (QED) is 0.575. The van der Waals surface area contributed by atoms with Gasteiger partial charge in [0.05, 0.1) is 12.5 Å². The molecule has 0 radical (unpaired) electrons. The van der Waals surface area contributed by atoms with Gasteiger partial charge in [-0.3, -0.25) is 4.79 Å². The maximum atomic E-state index is 11.7. The van der Waals surface area contributed by atoms with Crippen molar-refractivity contribution in [1.82, 2.24) is 0 Å². The molecule has 1 N–H and O–H groups in total. The van der Waals surface area contributed by atoms with Gasteiger partial charge in [0.15, 0.2) is 0 Å². The minimum absolute atomic E-state index is 0.0121. The fraction of sp³-hybridized carbons (Fsp3) is 0.667. The third kappa shape index (κ3) is 2.83. The van der Waals surface area contributed by atoms with Crippen LogP contribution in [0.15, 0.2) is 23.3 Å². The highest BCUT2D eigenvalue weighted by Gasteiger charge is 2.40. The summed E-state index contributed by atoms with van der Waals surface area (Å²) in [6.07, 6.45) is 7.86. The monoisotopic (exact) mass is 250 g/mol. The molecule has 1 heterocycles. The van der Waals surface area contributed by atoms with Crippen LogP contribution < -0.4 is 0 Å². The molecule has 3 unspecified atom stereocenters. The second-order valence-corrected chi connectivity index (χ2v) is 5.48. The van der Waals surface area contributed by atoms with Crippen LogP contribution in [0.1, 0.15) is 39.5 Å². The van der Waals surface area contributed by atoms with E-state index in [4.69, 9.17) is 4.74 Å². The van der Waals surface area contributed by atoms with Crippen molar-refractivity contribution in [2.24, 2.45) is 11.8 Å². The summed E-state index contributed by atoms with van der Waals surface area (Å²) in [5.41, 5.74) is 2.36. The Morgan fingerprint density at radius 3 is 2.94 bits per heavy atom. The first kappa shape index (κ1) is 13.3. The molecule has 1 aliphatic heterocycles. The number of fused-ring (bicyclic) bond motifs is 1.